The Morgan fingerprint density at radius 2 is 1.82 bits per heavy atom. The Labute approximate surface area is 159 Å². The summed E-state index contributed by atoms with van der Waals surface area (Å²) in [5, 5.41) is 5.95. The lowest BCUT2D eigenvalue weighted by Gasteiger charge is -2.11. The van der Waals surface area contributed by atoms with Crippen molar-refractivity contribution in [3.8, 4) is 0 Å². The highest BCUT2D eigenvalue weighted by Crippen LogP contribution is 2.15. The average Bonchev–Trinajstić information content (AvgIpc) is 3.23. The fourth-order valence-corrected chi connectivity index (χ4v) is 2.95. The molecule has 0 N–H and O–H groups in total. The van der Waals surface area contributed by atoms with Crippen LogP contribution in [0.2, 0.25) is 0 Å². The van der Waals surface area contributed by atoms with Crippen molar-refractivity contribution in [3.05, 3.63) is 82.2 Å². The van der Waals surface area contributed by atoms with Gasteiger partial charge >= 0.3 is 5.97 Å². The van der Waals surface area contributed by atoms with Gasteiger partial charge < -0.3 is 9.15 Å². The quantitative estimate of drug-likeness (QED) is 0.653. The molecule has 0 bridgehead atoms. The maximum absolute atomic E-state index is 12.3. The van der Waals surface area contributed by atoms with Crippen molar-refractivity contribution >= 4 is 28.6 Å². The Bertz CT molecular complexity index is 1130. The van der Waals surface area contributed by atoms with Crippen molar-refractivity contribution in [2.45, 2.75) is 6.42 Å². The molecule has 0 aliphatic carbocycles. The lowest BCUT2D eigenvalue weighted by atomic mass is 10.1. The van der Waals surface area contributed by atoms with Crippen molar-refractivity contribution in [2.75, 3.05) is 13.2 Å². The lowest BCUT2D eigenvalue weighted by molar-refractivity contribution is -0.134. The second kappa shape index (κ2) is 7.48. The van der Waals surface area contributed by atoms with Gasteiger partial charge in [-0.2, -0.15) is 5.10 Å². The number of ether oxygens (including phenoxy) is 1. The number of hydrazone groups is 1. The molecule has 2 heterocycles. The Hall–Kier alpha value is -3.74. The zero-order valence-electron chi connectivity index (χ0n) is 14.8. The molecule has 2 aromatic carbocycles. The smallest absolute Gasteiger partial charge is 0.374 e. The molecule has 28 heavy (non-hydrogen) atoms. The van der Waals surface area contributed by atoms with E-state index >= 15 is 0 Å². The minimum atomic E-state index is -0.873. The van der Waals surface area contributed by atoms with Crippen LogP contribution in [-0.4, -0.2) is 35.7 Å². The fraction of sp³-hybridized carbons (Fsp3) is 0.143. The van der Waals surface area contributed by atoms with Crippen molar-refractivity contribution in [1.29, 1.82) is 0 Å². The first-order chi connectivity index (χ1) is 13.6. The predicted octanol–water partition coefficient (Wildman–Crippen LogP) is 2.59. The van der Waals surface area contributed by atoms with E-state index in [1.165, 1.54) is 5.01 Å². The van der Waals surface area contributed by atoms with E-state index in [1.54, 1.807) is 24.3 Å². The second-order valence-electron chi connectivity index (χ2n) is 6.23. The molecule has 4 rings (SSSR count). The first kappa shape index (κ1) is 17.7. The monoisotopic (exact) mass is 376 g/mol. The number of hydrogen-bond donors (Lipinski definition) is 0. The van der Waals surface area contributed by atoms with Gasteiger partial charge in [-0.3, -0.25) is 9.59 Å². The molecule has 0 unspecified atom stereocenters. The third-order valence-electron chi connectivity index (χ3n) is 4.36. The van der Waals surface area contributed by atoms with Gasteiger partial charge in [0.15, 0.2) is 12.0 Å². The van der Waals surface area contributed by atoms with Gasteiger partial charge in [0.2, 0.25) is 5.76 Å². The summed E-state index contributed by atoms with van der Waals surface area (Å²) < 4.78 is 10.4. The van der Waals surface area contributed by atoms with Gasteiger partial charge in [0, 0.05) is 12.5 Å². The number of fused-ring (bicyclic) bond motifs is 1. The fourth-order valence-electron chi connectivity index (χ4n) is 2.95. The zero-order valence-corrected chi connectivity index (χ0v) is 14.8. The summed E-state index contributed by atoms with van der Waals surface area (Å²) >= 11 is 0. The van der Waals surface area contributed by atoms with Crippen molar-refractivity contribution < 1.29 is 18.7 Å². The summed E-state index contributed by atoms with van der Waals surface area (Å²) in [4.78, 5) is 36.5. The molecule has 0 atom stereocenters. The van der Waals surface area contributed by atoms with Crippen LogP contribution in [-0.2, 0) is 9.53 Å². The van der Waals surface area contributed by atoms with Gasteiger partial charge in [0.25, 0.3) is 5.91 Å². The molecule has 1 aromatic heterocycles. The van der Waals surface area contributed by atoms with E-state index in [0.29, 0.717) is 18.4 Å². The Morgan fingerprint density at radius 1 is 1.07 bits per heavy atom. The highest BCUT2D eigenvalue weighted by molar-refractivity contribution is 6.02. The molecular formula is C21H16N2O5. The minimum Gasteiger partial charge on any atom is -0.450 e. The van der Waals surface area contributed by atoms with E-state index < -0.39 is 18.5 Å². The Balaban J connectivity index is 1.42. The normalized spacial score (nSPS) is 13.4. The Kier molecular flexibility index (Phi) is 4.72. The first-order valence-corrected chi connectivity index (χ1v) is 8.75. The second-order valence-corrected chi connectivity index (χ2v) is 6.23. The predicted molar refractivity (Wildman–Crippen MR) is 102 cm³/mol. The maximum Gasteiger partial charge on any atom is 0.374 e. The van der Waals surface area contributed by atoms with E-state index in [0.717, 1.165) is 17.3 Å². The minimum absolute atomic E-state index is 0.244. The highest BCUT2D eigenvalue weighted by atomic mass is 16.5. The molecule has 1 aliphatic heterocycles. The number of carbonyl (C=O) groups excluding carboxylic acids is 2. The Morgan fingerprint density at radius 3 is 2.64 bits per heavy atom. The number of hydrogen-bond acceptors (Lipinski definition) is 6. The van der Waals surface area contributed by atoms with Gasteiger partial charge in [0.05, 0.1) is 17.6 Å². The number of carbonyl (C=O) groups is 2. The van der Waals surface area contributed by atoms with Crippen molar-refractivity contribution in [2.24, 2.45) is 5.10 Å². The van der Waals surface area contributed by atoms with E-state index in [1.807, 2.05) is 30.3 Å². The van der Waals surface area contributed by atoms with Gasteiger partial charge in [-0.25, -0.2) is 9.80 Å². The van der Waals surface area contributed by atoms with Crippen LogP contribution in [0.5, 0.6) is 0 Å². The largest absolute Gasteiger partial charge is 0.450 e. The van der Waals surface area contributed by atoms with E-state index in [2.05, 4.69) is 5.10 Å². The van der Waals surface area contributed by atoms with Crippen LogP contribution in [0.25, 0.3) is 11.0 Å². The number of para-hydroxylation sites is 1. The SMILES string of the molecule is O=C(OCC(=O)N1CCC(c2ccccc2)=N1)c1cc(=O)c2ccccc2o1. The van der Waals surface area contributed by atoms with E-state index in [4.69, 9.17) is 9.15 Å². The van der Waals surface area contributed by atoms with Gasteiger partial charge in [-0.15, -0.1) is 0 Å². The van der Waals surface area contributed by atoms with Crippen LogP contribution in [0.3, 0.4) is 0 Å². The third kappa shape index (κ3) is 3.55. The van der Waals surface area contributed by atoms with Crippen molar-refractivity contribution in [3.63, 3.8) is 0 Å². The molecule has 1 aliphatic rings. The van der Waals surface area contributed by atoms with E-state index in [9.17, 15) is 14.4 Å². The molecule has 7 heteroatoms. The standard InChI is InChI=1S/C21H16N2O5/c24-17-12-19(28-18-9-5-4-8-15(17)18)21(26)27-13-20(25)23-11-10-16(22-23)14-6-2-1-3-7-14/h1-9,12H,10-11,13H2. The molecule has 140 valence electrons. The number of esters is 1. The summed E-state index contributed by atoms with van der Waals surface area (Å²) in [6.45, 7) is -0.0629. The van der Waals surface area contributed by atoms with Crippen LogP contribution in [0, 0.1) is 0 Å². The molecule has 0 saturated heterocycles. The number of amides is 1. The highest BCUT2D eigenvalue weighted by Gasteiger charge is 2.23. The molecule has 0 fully saturated rings. The van der Waals surface area contributed by atoms with Gasteiger partial charge in [-0.1, -0.05) is 42.5 Å². The average molecular weight is 376 g/mol. The molecule has 7 nitrogen and oxygen atoms in total. The number of nitrogens with zero attached hydrogens (tertiary/aromatic N) is 2. The van der Waals surface area contributed by atoms with Crippen LogP contribution in [0.15, 0.2) is 75.0 Å². The molecule has 3 aromatic rings. The number of rotatable bonds is 4. The van der Waals surface area contributed by atoms with Crippen LogP contribution in [0.1, 0.15) is 22.5 Å². The lowest BCUT2D eigenvalue weighted by Crippen LogP contribution is -2.29. The third-order valence-corrected chi connectivity index (χ3v) is 4.36. The van der Waals surface area contributed by atoms with Crippen LogP contribution < -0.4 is 5.43 Å². The van der Waals surface area contributed by atoms with Gasteiger partial charge in [-0.05, 0) is 17.7 Å². The molecule has 1 amide bonds. The van der Waals surface area contributed by atoms with Crippen LogP contribution in [0.4, 0.5) is 0 Å². The summed E-state index contributed by atoms with van der Waals surface area (Å²) in [5.41, 5.74) is 1.69. The van der Waals surface area contributed by atoms with Crippen LogP contribution >= 0.6 is 0 Å². The van der Waals surface area contributed by atoms with E-state index in [-0.39, 0.29) is 16.8 Å². The molecule has 0 spiro atoms. The van der Waals surface area contributed by atoms with Gasteiger partial charge in [0.1, 0.15) is 5.58 Å². The maximum atomic E-state index is 12.3. The number of benzene rings is 2. The first-order valence-electron chi connectivity index (χ1n) is 8.75. The zero-order chi connectivity index (χ0) is 19.5. The summed E-state index contributed by atoms with van der Waals surface area (Å²) in [7, 11) is 0. The molecule has 0 saturated carbocycles. The molecular weight excluding hydrogens is 360 g/mol. The van der Waals surface area contributed by atoms with Crippen molar-refractivity contribution in [1.82, 2.24) is 5.01 Å². The summed E-state index contributed by atoms with van der Waals surface area (Å²) in [5.74, 6) is -1.56. The molecule has 0 radical (unpaired) electrons. The summed E-state index contributed by atoms with van der Waals surface area (Å²) in [6.07, 6.45) is 0.628. The topological polar surface area (TPSA) is 89.2 Å². The summed E-state index contributed by atoms with van der Waals surface area (Å²) in [6, 6.07) is 17.2.